The third-order valence-corrected chi connectivity index (χ3v) is 2.47. The predicted octanol–water partition coefficient (Wildman–Crippen LogP) is 2.23. The van der Waals surface area contributed by atoms with Crippen molar-refractivity contribution in [2.24, 2.45) is 0 Å². The molecule has 1 rings (SSSR count). The molecule has 0 atom stereocenters. The maximum atomic E-state index is 12.6. The van der Waals surface area contributed by atoms with Crippen LogP contribution in [0.5, 0.6) is 0 Å². The first kappa shape index (κ1) is 10.9. The molecule has 76 valence electrons. The molecule has 0 fully saturated rings. The highest BCUT2D eigenvalue weighted by Gasteiger charge is 2.00. The summed E-state index contributed by atoms with van der Waals surface area (Å²) in [6.07, 6.45) is 1.13. The van der Waals surface area contributed by atoms with E-state index < -0.39 is 9.84 Å². The topological polar surface area (TPSA) is 34.1 Å². The van der Waals surface area contributed by atoms with E-state index in [9.17, 15) is 12.8 Å². The zero-order valence-corrected chi connectivity index (χ0v) is 8.81. The molecule has 0 N–H and O–H groups in total. The van der Waals surface area contributed by atoms with Crippen LogP contribution in [0.15, 0.2) is 29.7 Å². The van der Waals surface area contributed by atoms with E-state index in [2.05, 4.69) is 0 Å². The summed E-state index contributed by atoms with van der Waals surface area (Å²) < 4.78 is 34.4. The minimum atomic E-state index is -3.14. The van der Waals surface area contributed by atoms with E-state index in [1.165, 1.54) is 17.5 Å². The normalized spacial score (nSPS) is 12.9. The van der Waals surface area contributed by atoms with E-state index in [4.69, 9.17) is 0 Å². The predicted molar refractivity (Wildman–Crippen MR) is 54.9 cm³/mol. The van der Waals surface area contributed by atoms with E-state index >= 15 is 0 Å². The molecule has 0 aliphatic carbocycles. The minimum absolute atomic E-state index is 0.332. The van der Waals surface area contributed by atoms with E-state index in [1.54, 1.807) is 19.1 Å². The summed E-state index contributed by atoms with van der Waals surface area (Å²) in [4.78, 5) is 0. The van der Waals surface area contributed by atoms with Gasteiger partial charge >= 0.3 is 0 Å². The SMILES string of the molecule is C/C(=C/S(C)(=O)=O)c1ccc(F)cc1. The Labute approximate surface area is 83.0 Å². The lowest BCUT2D eigenvalue weighted by atomic mass is 10.1. The van der Waals surface area contributed by atoms with Crippen molar-refractivity contribution in [1.29, 1.82) is 0 Å². The van der Waals surface area contributed by atoms with Gasteiger partial charge in [-0.1, -0.05) is 12.1 Å². The van der Waals surface area contributed by atoms with Crippen molar-refractivity contribution in [3.05, 3.63) is 41.1 Å². The Hall–Kier alpha value is -1.16. The molecule has 0 heterocycles. The molecule has 14 heavy (non-hydrogen) atoms. The quantitative estimate of drug-likeness (QED) is 0.756. The standard InChI is InChI=1S/C10H11FO2S/c1-8(7-14(2,12)13)9-3-5-10(11)6-4-9/h3-7H,1-2H3/b8-7-. The highest BCUT2D eigenvalue weighted by atomic mass is 32.2. The molecule has 1 aromatic rings. The van der Waals surface area contributed by atoms with Gasteiger partial charge in [0.2, 0.25) is 0 Å². The second-order valence-corrected chi connectivity index (χ2v) is 5.03. The fourth-order valence-electron chi connectivity index (χ4n) is 1.10. The molecule has 0 bridgehead atoms. The second kappa shape index (κ2) is 3.92. The largest absolute Gasteiger partial charge is 0.225 e. The van der Waals surface area contributed by atoms with Gasteiger partial charge in [-0.05, 0) is 30.2 Å². The van der Waals surface area contributed by atoms with Crippen LogP contribution in [0.3, 0.4) is 0 Å². The van der Waals surface area contributed by atoms with Crippen LogP contribution in [0.1, 0.15) is 12.5 Å². The average molecular weight is 214 g/mol. The van der Waals surface area contributed by atoms with Crippen molar-refractivity contribution in [2.75, 3.05) is 6.26 Å². The maximum absolute atomic E-state index is 12.6. The van der Waals surface area contributed by atoms with Crippen molar-refractivity contribution in [2.45, 2.75) is 6.92 Å². The van der Waals surface area contributed by atoms with Crippen molar-refractivity contribution < 1.29 is 12.8 Å². The highest BCUT2D eigenvalue weighted by Crippen LogP contribution is 2.15. The van der Waals surface area contributed by atoms with Gasteiger partial charge in [0.15, 0.2) is 9.84 Å². The van der Waals surface area contributed by atoms with Crippen molar-refractivity contribution >= 4 is 15.4 Å². The van der Waals surface area contributed by atoms with Gasteiger partial charge in [-0.15, -0.1) is 0 Å². The van der Waals surface area contributed by atoms with Gasteiger partial charge in [0, 0.05) is 11.7 Å². The second-order valence-electron chi connectivity index (χ2n) is 3.14. The first-order valence-electron chi connectivity index (χ1n) is 4.03. The fraction of sp³-hybridized carbons (Fsp3) is 0.200. The van der Waals surface area contributed by atoms with Gasteiger partial charge < -0.3 is 0 Å². The summed E-state index contributed by atoms with van der Waals surface area (Å²) in [6.45, 7) is 1.67. The molecule has 0 amide bonds. The Kier molecular flexibility index (Phi) is 3.06. The number of rotatable bonds is 2. The Balaban J connectivity index is 3.07. The molecule has 1 aromatic carbocycles. The van der Waals surface area contributed by atoms with Crippen molar-refractivity contribution in [3.63, 3.8) is 0 Å². The average Bonchev–Trinajstić information content (AvgIpc) is 2.02. The third kappa shape index (κ3) is 3.30. The van der Waals surface area contributed by atoms with E-state index in [0.29, 0.717) is 11.1 Å². The lowest BCUT2D eigenvalue weighted by Crippen LogP contribution is -1.91. The molecule has 0 aliphatic heterocycles. The molecule has 2 nitrogen and oxygen atoms in total. The molecule has 0 spiro atoms. The Morgan fingerprint density at radius 3 is 2.21 bits per heavy atom. The molecular formula is C10H11FO2S. The molecule has 0 aliphatic rings. The molecule has 4 heteroatoms. The van der Waals surface area contributed by atoms with Crippen molar-refractivity contribution in [3.8, 4) is 0 Å². The molecule has 0 saturated heterocycles. The highest BCUT2D eigenvalue weighted by molar-refractivity contribution is 7.93. The molecule has 0 saturated carbocycles. The third-order valence-electron chi connectivity index (χ3n) is 1.69. The van der Waals surface area contributed by atoms with Gasteiger partial charge in [-0.3, -0.25) is 0 Å². The zero-order chi connectivity index (χ0) is 10.8. The van der Waals surface area contributed by atoms with E-state index in [1.807, 2.05) is 0 Å². The zero-order valence-electron chi connectivity index (χ0n) is 7.99. The summed E-state index contributed by atoms with van der Waals surface area (Å²) in [5.41, 5.74) is 1.31. The maximum Gasteiger partial charge on any atom is 0.169 e. The van der Waals surface area contributed by atoms with Gasteiger partial charge in [-0.25, -0.2) is 12.8 Å². The fourth-order valence-corrected chi connectivity index (χ4v) is 1.88. The summed E-state index contributed by atoms with van der Waals surface area (Å²) >= 11 is 0. The number of benzene rings is 1. The summed E-state index contributed by atoms with van der Waals surface area (Å²) in [5.74, 6) is -0.332. The monoisotopic (exact) mass is 214 g/mol. The Morgan fingerprint density at radius 2 is 1.79 bits per heavy atom. The van der Waals surface area contributed by atoms with Crippen LogP contribution in [0.2, 0.25) is 0 Å². The van der Waals surface area contributed by atoms with Crippen LogP contribution in [-0.2, 0) is 9.84 Å². The molecule has 0 radical (unpaired) electrons. The van der Waals surface area contributed by atoms with Gasteiger partial charge in [0.1, 0.15) is 5.82 Å². The van der Waals surface area contributed by atoms with Crippen LogP contribution >= 0.6 is 0 Å². The lowest BCUT2D eigenvalue weighted by molar-refractivity contribution is 0.610. The van der Waals surface area contributed by atoms with Gasteiger partial charge in [0.05, 0.1) is 0 Å². The summed E-state index contributed by atoms with van der Waals surface area (Å²) in [5, 5.41) is 1.17. The van der Waals surface area contributed by atoms with Crippen LogP contribution < -0.4 is 0 Å². The number of hydrogen-bond acceptors (Lipinski definition) is 2. The first-order chi connectivity index (χ1) is 6.38. The van der Waals surface area contributed by atoms with Gasteiger partial charge in [-0.2, -0.15) is 0 Å². The van der Waals surface area contributed by atoms with Crippen LogP contribution in [-0.4, -0.2) is 14.7 Å². The smallest absolute Gasteiger partial charge is 0.169 e. The molecular weight excluding hydrogens is 203 g/mol. The summed E-state index contributed by atoms with van der Waals surface area (Å²) in [7, 11) is -3.14. The lowest BCUT2D eigenvalue weighted by Gasteiger charge is -2.00. The van der Waals surface area contributed by atoms with Crippen LogP contribution in [0, 0.1) is 5.82 Å². The van der Waals surface area contributed by atoms with Gasteiger partial charge in [0.25, 0.3) is 0 Å². The van der Waals surface area contributed by atoms with Crippen LogP contribution in [0.4, 0.5) is 4.39 Å². The number of allylic oxidation sites excluding steroid dienone is 1. The van der Waals surface area contributed by atoms with E-state index in [-0.39, 0.29) is 5.82 Å². The Bertz CT molecular complexity index is 444. The first-order valence-corrected chi connectivity index (χ1v) is 5.98. The van der Waals surface area contributed by atoms with Crippen molar-refractivity contribution in [1.82, 2.24) is 0 Å². The van der Waals surface area contributed by atoms with E-state index in [0.717, 1.165) is 6.26 Å². The summed E-state index contributed by atoms with van der Waals surface area (Å²) in [6, 6.07) is 5.70. The molecule has 0 unspecified atom stereocenters. The number of hydrogen-bond donors (Lipinski definition) is 0. The number of sulfone groups is 1. The minimum Gasteiger partial charge on any atom is -0.225 e. The Morgan fingerprint density at radius 1 is 1.29 bits per heavy atom. The molecule has 0 aromatic heterocycles. The van der Waals surface area contributed by atoms with Crippen LogP contribution in [0.25, 0.3) is 5.57 Å². The number of halogens is 1.